The summed E-state index contributed by atoms with van der Waals surface area (Å²) in [6.45, 7) is 2.74. The van der Waals surface area contributed by atoms with Crippen molar-refractivity contribution in [2.24, 2.45) is 0 Å². The molecule has 0 spiro atoms. The molecule has 1 N–H and O–H groups in total. The quantitative estimate of drug-likeness (QED) is 0.752. The monoisotopic (exact) mass is 217 g/mol. The predicted molar refractivity (Wildman–Crippen MR) is 53.2 cm³/mol. The second kappa shape index (κ2) is 4.90. The molecule has 0 bridgehead atoms. The predicted octanol–water partition coefficient (Wildman–Crippen LogP) is 0.619. The Morgan fingerprint density at radius 3 is 3.46 bits per heavy atom. The number of hydrogen-bond donors (Lipinski definition) is 1. The molecule has 0 radical (unpaired) electrons. The Labute approximate surface area is 85.1 Å². The van der Waals surface area contributed by atoms with Crippen molar-refractivity contribution < 1.29 is 4.74 Å². The molecule has 0 saturated carbocycles. The van der Waals surface area contributed by atoms with Gasteiger partial charge in [0.05, 0.1) is 12.7 Å². The number of hydrogen-bond acceptors (Lipinski definition) is 6. The minimum absolute atomic E-state index is 0.322. The van der Waals surface area contributed by atoms with Crippen molar-refractivity contribution in [1.29, 1.82) is 0 Å². The van der Waals surface area contributed by atoms with Crippen LogP contribution in [0.4, 0.5) is 0 Å². The summed E-state index contributed by atoms with van der Waals surface area (Å²) in [5.74, 6) is 0.961. The number of nitrogens with zero attached hydrogens (tertiary/aromatic N) is 2. The summed E-state index contributed by atoms with van der Waals surface area (Å²) in [6, 6.07) is 0. The van der Waals surface area contributed by atoms with Gasteiger partial charge < -0.3 is 10.1 Å². The average Bonchev–Trinajstić information content (AvgIpc) is 2.69. The van der Waals surface area contributed by atoms with Gasteiger partial charge in [0.15, 0.2) is 4.34 Å². The number of nitrogens with one attached hydrogen (secondary N) is 1. The lowest BCUT2D eigenvalue weighted by molar-refractivity contribution is 0.0441. The van der Waals surface area contributed by atoms with Crippen molar-refractivity contribution in [3.8, 4) is 0 Å². The van der Waals surface area contributed by atoms with Crippen molar-refractivity contribution in [3.63, 3.8) is 0 Å². The number of rotatable bonds is 3. The van der Waals surface area contributed by atoms with E-state index in [1.807, 2.05) is 0 Å². The van der Waals surface area contributed by atoms with E-state index >= 15 is 0 Å². The molecule has 2 rings (SSSR count). The molecule has 0 aromatic carbocycles. The molecule has 2 heterocycles. The molecule has 1 saturated heterocycles. The van der Waals surface area contributed by atoms with Crippen LogP contribution >= 0.6 is 23.1 Å². The fourth-order valence-electron chi connectivity index (χ4n) is 1.12. The van der Waals surface area contributed by atoms with Crippen molar-refractivity contribution in [1.82, 2.24) is 15.5 Å². The minimum Gasteiger partial charge on any atom is -0.375 e. The van der Waals surface area contributed by atoms with Gasteiger partial charge in [0.1, 0.15) is 5.51 Å². The zero-order chi connectivity index (χ0) is 8.93. The molecule has 1 aliphatic heterocycles. The molecule has 1 aliphatic rings. The first-order valence-electron chi connectivity index (χ1n) is 4.16. The van der Waals surface area contributed by atoms with Crippen LogP contribution in [-0.2, 0) is 4.74 Å². The van der Waals surface area contributed by atoms with E-state index < -0.39 is 0 Å². The van der Waals surface area contributed by atoms with Crippen LogP contribution in [0, 0.1) is 0 Å². The Morgan fingerprint density at radius 1 is 1.77 bits per heavy atom. The van der Waals surface area contributed by atoms with Gasteiger partial charge >= 0.3 is 0 Å². The highest BCUT2D eigenvalue weighted by Crippen LogP contribution is 2.20. The van der Waals surface area contributed by atoms with Gasteiger partial charge in [-0.25, -0.2) is 0 Å². The fourth-order valence-corrected chi connectivity index (χ4v) is 2.65. The summed E-state index contributed by atoms with van der Waals surface area (Å²) in [6.07, 6.45) is 0.322. The van der Waals surface area contributed by atoms with Crippen LogP contribution in [0.1, 0.15) is 0 Å². The molecule has 1 aromatic rings. The van der Waals surface area contributed by atoms with Gasteiger partial charge in [-0.05, 0) is 0 Å². The lowest BCUT2D eigenvalue weighted by atomic mass is 10.3. The Morgan fingerprint density at radius 2 is 2.77 bits per heavy atom. The normalized spacial score (nSPS) is 23.2. The lowest BCUT2D eigenvalue weighted by Crippen LogP contribution is -2.39. The van der Waals surface area contributed by atoms with Gasteiger partial charge in [-0.2, -0.15) is 0 Å². The van der Waals surface area contributed by atoms with Gasteiger partial charge in [0.2, 0.25) is 0 Å². The van der Waals surface area contributed by atoms with E-state index in [2.05, 4.69) is 15.5 Å². The molecule has 0 aliphatic carbocycles. The summed E-state index contributed by atoms with van der Waals surface area (Å²) in [7, 11) is 0. The molecule has 1 atom stereocenters. The summed E-state index contributed by atoms with van der Waals surface area (Å²) in [4.78, 5) is 0. The third kappa shape index (κ3) is 2.91. The summed E-state index contributed by atoms with van der Waals surface area (Å²) in [5.41, 5.74) is 1.75. The van der Waals surface area contributed by atoms with Crippen LogP contribution in [0.3, 0.4) is 0 Å². The fraction of sp³-hybridized carbons (Fsp3) is 0.714. The minimum atomic E-state index is 0.322. The van der Waals surface area contributed by atoms with Crippen LogP contribution in [-0.4, -0.2) is 41.8 Å². The molecular weight excluding hydrogens is 206 g/mol. The van der Waals surface area contributed by atoms with E-state index in [4.69, 9.17) is 4.74 Å². The average molecular weight is 217 g/mol. The summed E-state index contributed by atoms with van der Waals surface area (Å²) in [5, 5.41) is 11.0. The van der Waals surface area contributed by atoms with Crippen molar-refractivity contribution >= 4 is 23.1 Å². The SMILES string of the molecule is c1nnc(SCC2CNCCO2)s1. The molecule has 0 amide bonds. The molecule has 13 heavy (non-hydrogen) atoms. The standard InChI is InChI=1S/C7H11N3OS2/c1-2-11-6(3-8-1)4-12-7-10-9-5-13-7/h5-6,8H,1-4H2. The first-order chi connectivity index (χ1) is 6.45. The first kappa shape index (κ1) is 9.39. The highest BCUT2D eigenvalue weighted by molar-refractivity contribution is 8.01. The van der Waals surface area contributed by atoms with Gasteiger partial charge in [-0.3, -0.25) is 0 Å². The number of morpholine rings is 1. The maximum absolute atomic E-state index is 5.55. The largest absolute Gasteiger partial charge is 0.375 e. The van der Waals surface area contributed by atoms with Crippen LogP contribution in [0.15, 0.2) is 9.85 Å². The third-order valence-corrected chi connectivity index (χ3v) is 3.73. The van der Waals surface area contributed by atoms with Crippen LogP contribution in [0.5, 0.6) is 0 Å². The highest BCUT2D eigenvalue weighted by Gasteiger charge is 2.13. The number of thioether (sulfide) groups is 1. The number of ether oxygens (including phenoxy) is 1. The Kier molecular flexibility index (Phi) is 3.54. The summed E-state index contributed by atoms with van der Waals surface area (Å²) >= 11 is 3.29. The van der Waals surface area contributed by atoms with E-state index in [9.17, 15) is 0 Å². The Balaban J connectivity index is 1.72. The zero-order valence-corrected chi connectivity index (χ0v) is 8.74. The van der Waals surface area contributed by atoms with E-state index in [-0.39, 0.29) is 0 Å². The van der Waals surface area contributed by atoms with Crippen molar-refractivity contribution in [3.05, 3.63) is 5.51 Å². The zero-order valence-electron chi connectivity index (χ0n) is 7.10. The van der Waals surface area contributed by atoms with Crippen molar-refractivity contribution in [2.45, 2.75) is 10.4 Å². The van der Waals surface area contributed by atoms with Gasteiger partial charge in [-0.15, -0.1) is 10.2 Å². The van der Waals surface area contributed by atoms with Crippen LogP contribution in [0.2, 0.25) is 0 Å². The Bertz CT molecular complexity index is 236. The van der Waals surface area contributed by atoms with E-state index in [1.165, 1.54) is 0 Å². The molecule has 4 nitrogen and oxygen atoms in total. The van der Waals surface area contributed by atoms with Gasteiger partial charge in [-0.1, -0.05) is 23.1 Å². The van der Waals surface area contributed by atoms with E-state index in [1.54, 1.807) is 28.6 Å². The third-order valence-electron chi connectivity index (χ3n) is 1.74. The van der Waals surface area contributed by atoms with Crippen LogP contribution < -0.4 is 5.32 Å². The maximum atomic E-state index is 5.55. The second-order valence-electron chi connectivity index (χ2n) is 2.71. The number of aromatic nitrogens is 2. The molecule has 1 aromatic heterocycles. The van der Waals surface area contributed by atoms with Crippen molar-refractivity contribution in [2.75, 3.05) is 25.4 Å². The molecule has 72 valence electrons. The van der Waals surface area contributed by atoms with Crippen LogP contribution in [0.25, 0.3) is 0 Å². The smallest absolute Gasteiger partial charge is 0.174 e. The highest BCUT2D eigenvalue weighted by atomic mass is 32.2. The van der Waals surface area contributed by atoms with E-state index in [0.717, 1.165) is 29.8 Å². The maximum Gasteiger partial charge on any atom is 0.174 e. The first-order valence-corrected chi connectivity index (χ1v) is 6.03. The molecule has 6 heteroatoms. The second-order valence-corrected chi connectivity index (χ2v) is 4.81. The van der Waals surface area contributed by atoms with Gasteiger partial charge in [0.25, 0.3) is 0 Å². The molecular formula is C7H11N3OS2. The lowest BCUT2D eigenvalue weighted by Gasteiger charge is -2.22. The molecule has 1 fully saturated rings. The molecule has 1 unspecified atom stereocenters. The topological polar surface area (TPSA) is 47.0 Å². The van der Waals surface area contributed by atoms with Gasteiger partial charge in [0, 0.05) is 18.8 Å². The van der Waals surface area contributed by atoms with E-state index in [0.29, 0.717) is 6.10 Å². The summed E-state index contributed by atoms with van der Waals surface area (Å²) < 4.78 is 6.57. The Hall–Kier alpha value is -0.170.